The van der Waals surface area contributed by atoms with Gasteiger partial charge in [0.25, 0.3) is 5.91 Å². The standard InChI is InChI=1S/C18H20N2O3S/c21-16-13-4-2-1-3-12(13)9-14(16)19-17(22)15-10-24-18(20-15)11-5-7-23-8-6-11/h1-4,10-11,14,16,21H,5-9H2,(H,19,22)/t14-,16+/m1/s1. The van der Waals surface area contributed by atoms with E-state index in [1.165, 1.54) is 0 Å². The third kappa shape index (κ3) is 2.97. The monoisotopic (exact) mass is 344 g/mol. The van der Waals surface area contributed by atoms with Gasteiger partial charge in [-0.15, -0.1) is 11.3 Å². The zero-order valence-corrected chi connectivity index (χ0v) is 14.1. The zero-order valence-electron chi connectivity index (χ0n) is 13.3. The molecule has 2 aliphatic rings. The molecule has 2 atom stereocenters. The van der Waals surface area contributed by atoms with Crippen LogP contribution in [-0.4, -0.2) is 35.3 Å². The number of nitrogens with one attached hydrogen (secondary N) is 1. The smallest absolute Gasteiger partial charge is 0.271 e. The van der Waals surface area contributed by atoms with Gasteiger partial charge in [-0.3, -0.25) is 4.79 Å². The van der Waals surface area contributed by atoms with Crippen molar-refractivity contribution in [3.63, 3.8) is 0 Å². The Morgan fingerprint density at radius 1 is 1.29 bits per heavy atom. The van der Waals surface area contributed by atoms with Crippen molar-refractivity contribution in [2.24, 2.45) is 0 Å². The van der Waals surface area contributed by atoms with Gasteiger partial charge >= 0.3 is 0 Å². The summed E-state index contributed by atoms with van der Waals surface area (Å²) in [5.41, 5.74) is 2.45. The number of carbonyl (C=O) groups excluding carboxylic acids is 1. The van der Waals surface area contributed by atoms with Crippen molar-refractivity contribution in [2.45, 2.75) is 37.3 Å². The molecule has 0 bridgehead atoms. The summed E-state index contributed by atoms with van der Waals surface area (Å²) >= 11 is 1.54. The van der Waals surface area contributed by atoms with Gasteiger partial charge in [-0.05, 0) is 30.4 Å². The second-order valence-electron chi connectivity index (χ2n) is 6.39. The van der Waals surface area contributed by atoms with E-state index in [0.717, 1.165) is 42.2 Å². The number of hydrogen-bond donors (Lipinski definition) is 2. The fourth-order valence-corrected chi connectivity index (χ4v) is 4.44. The van der Waals surface area contributed by atoms with E-state index >= 15 is 0 Å². The third-order valence-corrected chi connectivity index (χ3v) is 5.84. The van der Waals surface area contributed by atoms with Crippen LogP contribution in [0.4, 0.5) is 0 Å². The lowest BCUT2D eigenvalue weighted by Crippen LogP contribution is -2.38. The average molecular weight is 344 g/mol. The van der Waals surface area contributed by atoms with E-state index in [-0.39, 0.29) is 11.9 Å². The number of fused-ring (bicyclic) bond motifs is 1. The van der Waals surface area contributed by atoms with Crippen LogP contribution >= 0.6 is 11.3 Å². The van der Waals surface area contributed by atoms with Crippen molar-refractivity contribution in [2.75, 3.05) is 13.2 Å². The molecule has 1 aliphatic heterocycles. The van der Waals surface area contributed by atoms with Crippen LogP contribution < -0.4 is 5.32 Å². The number of aromatic nitrogens is 1. The Balaban J connectivity index is 1.43. The minimum Gasteiger partial charge on any atom is -0.386 e. The van der Waals surface area contributed by atoms with Crippen molar-refractivity contribution in [1.82, 2.24) is 10.3 Å². The molecule has 2 N–H and O–H groups in total. The van der Waals surface area contributed by atoms with Gasteiger partial charge in [0, 0.05) is 24.5 Å². The molecule has 5 nitrogen and oxygen atoms in total. The van der Waals surface area contributed by atoms with Crippen LogP contribution in [0.3, 0.4) is 0 Å². The van der Waals surface area contributed by atoms with Gasteiger partial charge in [-0.1, -0.05) is 24.3 Å². The van der Waals surface area contributed by atoms with Crippen LogP contribution in [0, 0.1) is 0 Å². The summed E-state index contributed by atoms with van der Waals surface area (Å²) < 4.78 is 5.38. The molecule has 126 valence electrons. The van der Waals surface area contributed by atoms with E-state index in [9.17, 15) is 9.90 Å². The predicted octanol–water partition coefficient (Wildman–Crippen LogP) is 2.43. The number of amides is 1. The van der Waals surface area contributed by atoms with Gasteiger partial charge in [0.15, 0.2) is 0 Å². The van der Waals surface area contributed by atoms with Crippen LogP contribution in [0.1, 0.15) is 51.5 Å². The lowest BCUT2D eigenvalue weighted by molar-refractivity contribution is 0.0842. The first-order valence-corrected chi connectivity index (χ1v) is 9.20. The first kappa shape index (κ1) is 15.7. The molecule has 0 spiro atoms. The van der Waals surface area contributed by atoms with Crippen molar-refractivity contribution in [3.8, 4) is 0 Å². The Kier molecular flexibility index (Phi) is 4.35. The number of carbonyl (C=O) groups is 1. The van der Waals surface area contributed by atoms with E-state index in [4.69, 9.17) is 4.74 Å². The Bertz CT molecular complexity index is 739. The summed E-state index contributed by atoms with van der Waals surface area (Å²) in [6, 6.07) is 7.49. The first-order valence-electron chi connectivity index (χ1n) is 8.32. The minimum absolute atomic E-state index is 0.207. The maximum Gasteiger partial charge on any atom is 0.271 e. The number of rotatable bonds is 3. The van der Waals surface area contributed by atoms with Crippen molar-refractivity contribution in [3.05, 3.63) is 51.5 Å². The second kappa shape index (κ2) is 6.63. The van der Waals surface area contributed by atoms with E-state index in [0.29, 0.717) is 18.0 Å². The molecule has 0 saturated carbocycles. The molecule has 2 heterocycles. The van der Waals surface area contributed by atoms with Gasteiger partial charge in [0.1, 0.15) is 5.69 Å². The fraction of sp³-hybridized carbons (Fsp3) is 0.444. The molecule has 1 aromatic carbocycles. The topological polar surface area (TPSA) is 71.5 Å². The van der Waals surface area contributed by atoms with E-state index in [2.05, 4.69) is 10.3 Å². The predicted molar refractivity (Wildman–Crippen MR) is 91.3 cm³/mol. The van der Waals surface area contributed by atoms with E-state index < -0.39 is 6.10 Å². The van der Waals surface area contributed by atoms with Gasteiger partial charge < -0.3 is 15.2 Å². The minimum atomic E-state index is -0.654. The van der Waals surface area contributed by atoms with Crippen LogP contribution in [0.2, 0.25) is 0 Å². The highest BCUT2D eigenvalue weighted by Gasteiger charge is 2.32. The Hall–Kier alpha value is -1.76. The molecule has 6 heteroatoms. The number of aliphatic hydroxyl groups is 1. The summed E-state index contributed by atoms with van der Waals surface area (Å²) in [5, 5.41) is 16.2. The van der Waals surface area contributed by atoms with Crippen molar-refractivity contribution in [1.29, 1.82) is 0 Å². The lowest BCUT2D eigenvalue weighted by atomic mass is 10.0. The molecule has 0 radical (unpaired) electrons. The van der Waals surface area contributed by atoms with E-state index in [1.807, 2.05) is 29.6 Å². The second-order valence-corrected chi connectivity index (χ2v) is 7.28. The Morgan fingerprint density at radius 3 is 2.88 bits per heavy atom. The van der Waals surface area contributed by atoms with Crippen LogP contribution in [0.5, 0.6) is 0 Å². The molecule has 2 aromatic rings. The molecule has 4 rings (SSSR count). The highest BCUT2D eigenvalue weighted by molar-refractivity contribution is 7.09. The molecule has 1 aromatic heterocycles. The maximum atomic E-state index is 12.5. The number of nitrogens with zero attached hydrogens (tertiary/aromatic N) is 1. The third-order valence-electron chi connectivity index (χ3n) is 4.84. The number of benzene rings is 1. The quantitative estimate of drug-likeness (QED) is 0.897. The average Bonchev–Trinajstić information content (AvgIpc) is 3.22. The van der Waals surface area contributed by atoms with Crippen LogP contribution in [0.25, 0.3) is 0 Å². The lowest BCUT2D eigenvalue weighted by Gasteiger charge is -2.19. The van der Waals surface area contributed by atoms with Crippen molar-refractivity contribution < 1.29 is 14.6 Å². The van der Waals surface area contributed by atoms with Crippen LogP contribution in [-0.2, 0) is 11.2 Å². The largest absolute Gasteiger partial charge is 0.386 e. The highest BCUT2D eigenvalue weighted by Crippen LogP contribution is 2.32. The maximum absolute atomic E-state index is 12.5. The SMILES string of the molecule is O=C(N[C@@H]1Cc2ccccc2[C@@H]1O)c1csc(C2CCOCC2)n1. The molecule has 0 unspecified atom stereocenters. The van der Waals surface area contributed by atoms with Crippen molar-refractivity contribution >= 4 is 17.2 Å². The normalized spacial score (nSPS) is 23.9. The van der Waals surface area contributed by atoms with Gasteiger partial charge in [-0.2, -0.15) is 0 Å². The van der Waals surface area contributed by atoms with Gasteiger partial charge in [0.05, 0.1) is 17.2 Å². The number of hydrogen-bond acceptors (Lipinski definition) is 5. The molecule has 1 aliphatic carbocycles. The molecule has 1 amide bonds. The van der Waals surface area contributed by atoms with Gasteiger partial charge in [0.2, 0.25) is 0 Å². The Labute approximate surface area is 144 Å². The first-order chi connectivity index (χ1) is 11.7. The highest BCUT2D eigenvalue weighted by atomic mass is 32.1. The van der Waals surface area contributed by atoms with E-state index in [1.54, 1.807) is 11.3 Å². The number of aliphatic hydroxyl groups excluding tert-OH is 1. The number of ether oxygens (including phenoxy) is 1. The summed E-state index contributed by atoms with van der Waals surface area (Å²) in [6.07, 6.45) is 1.93. The molecular weight excluding hydrogens is 324 g/mol. The molecule has 24 heavy (non-hydrogen) atoms. The number of thiazole rings is 1. The fourth-order valence-electron chi connectivity index (χ4n) is 3.47. The van der Waals surface area contributed by atoms with Gasteiger partial charge in [-0.25, -0.2) is 4.98 Å². The summed E-state index contributed by atoms with van der Waals surface area (Å²) in [5.74, 6) is 0.188. The Morgan fingerprint density at radius 2 is 2.08 bits per heavy atom. The summed E-state index contributed by atoms with van der Waals surface area (Å²) in [7, 11) is 0. The summed E-state index contributed by atoms with van der Waals surface area (Å²) in [4.78, 5) is 17.0. The molecule has 1 saturated heterocycles. The molecular formula is C18H20N2O3S. The zero-order chi connectivity index (χ0) is 16.5. The van der Waals surface area contributed by atoms with Crippen LogP contribution in [0.15, 0.2) is 29.6 Å². The summed E-state index contributed by atoms with van der Waals surface area (Å²) in [6.45, 7) is 1.52. The molecule has 1 fully saturated rings.